The summed E-state index contributed by atoms with van der Waals surface area (Å²) in [5.41, 5.74) is 1.88. The fourth-order valence-electron chi connectivity index (χ4n) is 2.17. The Morgan fingerprint density at radius 1 is 0.950 bits per heavy atom. The molecule has 1 N–H and O–H groups in total. The summed E-state index contributed by atoms with van der Waals surface area (Å²) >= 11 is 18.2. The van der Waals surface area contributed by atoms with Gasteiger partial charge < -0.3 is 10.1 Å². The van der Waals surface area contributed by atoms with Crippen LogP contribution in [-0.4, -0.2) is 14.2 Å². The van der Waals surface area contributed by atoms with Crippen LogP contribution in [-0.2, 0) is 0 Å². The van der Waals surface area contributed by atoms with E-state index < -0.39 is 0 Å². The van der Waals surface area contributed by atoms with Crippen LogP contribution in [0.3, 0.4) is 0 Å². The van der Waals surface area contributed by atoms with E-state index >= 15 is 0 Å². The first-order chi connectivity index (χ1) is 9.55. The molecule has 0 saturated carbocycles. The molecular formula is C15H14Cl3NO. The molecule has 0 spiro atoms. The smallest absolute Gasteiger partial charge is 0.124 e. The predicted molar refractivity (Wildman–Crippen MR) is 85.4 cm³/mol. The zero-order valence-corrected chi connectivity index (χ0v) is 13.4. The molecule has 0 aliphatic heterocycles. The van der Waals surface area contributed by atoms with E-state index in [0.717, 1.165) is 16.9 Å². The topological polar surface area (TPSA) is 21.3 Å². The monoisotopic (exact) mass is 329 g/mol. The lowest BCUT2D eigenvalue weighted by molar-refractivity contribution is 0.405. The number of benzene rings is 2. The number of rotatable bonds is 4. The second-order valence-corrected chi connectivity index (χ2v) is 5.62. The molecule has 2 aromatic carbocycles. The van der Waals surface area contributed by atoms with Crippen molar-refractivity contribution in [3.63, 3.8) is 0 Å². The van der Waals surface area contributed by atoms with Gasteiger partial charge in [0.05, 0.1) is 13.2 Å². The van der Waals surface area contributed by atoms with E-state index in [1.807, 2.05) is 31.3 Å². The van der Waals surface area contributed by atoms with Crippen molar-refractivity contribution in [1.29, 1.82) is 0 Å². The van der Waals surface area contributed by atoms with Gasteiger partial charge in [-0.15, -0.1) is 0 Å². The highest BCUT2D eigenvalue weighted by molar-refractivity contribution is 6.34. The van der Waals surface area contributed by atoms with Gasteiger partial charge in [-0.05, 0) is 49.0 Å². The summed E-state index contributed by atoms with van der Waals surface area (Å²) in [4.78, 5) is 0. The van der Waals surface area contributed by atoms with E-state index in [1.54, 1.807) is 19.2 Å². The molecule has 2 nitrogen and oxygen atoms in total. The Kier molecular flexibility index (Phi) is 5.17. The van der Waals surface area contributed by atoms with Gasteiger partial charge >= 0.3 is 0 Å². The molecule has 0 radical (unpaired) electrons. The lowest BCUT2D eigenvalue weighted by atomic mass is 9.98. The minimum atomic E-state index is -0.111. The summed E-state index contributed by atoms with van der Waals surface area (Å²) in [6, 6.07) is 10.8. The highest BCUT2D eigenvalue weighted by Gasteiger charge is 2.18. The molecule has 20 heavy (non-hydrogen) atoms. The molecule has 106 valence electrons. The molecule has 0 heterocycles. The van der Waals surface area contributed by atoms with E-state index in [4.69, 9.17) is 39.5 Å². The highest BCUT2D eigenvalue weighted by atomic mass is 35.5. The van der Waals surface area contributed by atoms with E-state index in [0.29, 0.717) is 15.1 Å². The number of methoxy groups -OCH3 is 1. The fraction of sp³-hybridized carbons (Fsp3) is 0.200. The third-order valence-corrected chi connectivity index (χ3v) is 3.68. The lowest BCUT2D eigenvalue weighted by Crippen LogP contribution is -2.18. The van der Waals surface area contributed by atoms with Crippen molar-refractivity contribution in [3.8, 4) is 5.75 Å². The average Bonchev–Trinajstić information content (AvgIpc) is 2.39. The van der Waals surface area contributed by atoms with Crippen molar-refractivity contribution in [1.82, 2.24) is 5.32 Å². The third-order valence-electron chi connectivity index (χ3n) is 3.01. The minimum Gasteiger partial charge on any atom is -0.496 e. The van der Waals surface area contributed by atoms with Crippen molar-refractivity contribution in [3.05, 3.63) is 62.6 Å². The maximum Gasteiger partial charge on any atom is 0.124 e. The van der Waals surface area contributed by atoms with Gasteiger partial charge in [-0.3, -0.25) is 0 Å². The fourth-order valence-corrected chi connectivity index (χ4v) is 2.90. The Bertz CT molecular complexity index is 596. The van der Waals surface area contributed by atoms with Gasteiger partial charge in [-0.1, -0.05) is 34.8 Å². The van der Waals surface area contributed by atoms with Crippen LogP contribution in [0.5, 0.6) is 5.75 Å². The Hall–Kier alpha value is -0.930. The number of nitrogens with one attached hydrogen (secondary N) is 1. The predicted octanol–water partition coefficient (Wildman–Crippen LogP) is 4.96. The van der Waals surface area contributed by atoms with Gasteiger partial charge in [0.1, 0.15) is 5.75 Å². The van der Waals surface area contributed by atoms with Gasteiger partial charge in [-0.25, -0.2) is 0 Å². The SMILES string of the molecule is CNC(c1cc(Cl)cc(Cl)c1)c1cc(Cl)ccc1OC. The Morgan fingerprint density at radius 3 is 2.15 bits per heavy atom. The molecule has 0 aliphatic carbocycles. The molecule has 0 amide bonds. The Balaban J connectivity index is 2.54. The second-order valence-electron chi connectivity index (χ2n) is 4.31. The maximum atomic E-state index is 6.09. The summed E-state index contributed by atoms with van der Waals surface area (Å²) in [6.07, 6.45) is 0. The molecule has 0 bridgehead atoms. The van der Waals surface area contributed by atoms with Crippen LogP contribution in [0.25, 0.3) is 0 Å². The largest absolute Gasteiger partial charge is 0.496 e. The van der Waals surface area contributed by atoms with Gasteiger partial charge in [0.25, 0.3) is 0 Å². The van der Waals surface area contributed by atoms with Crippen LogP contribution in [0.2, 0.25) is 15.1 Å². The van der Waals surface area contributed by atoms with Gasteiger partial charge in [0.2, 0.25) is 0 Å². The van der Waals surface area contributed by atoms with Crippen LogP contribution in [0.15, 0.2) is 36.4 Å². The first-order valence-corrected chi connectivity index (χ1v) is 7.15. The van der Waals surface area contributed by atoms with Crippen LogP contribution in [0.4, 0.5) is 0 Å². The molecule has 1 atom stereocenters. The molecule has 1 unspecified atom stereocenters. The van der Waals surface area contributed by atoms with E-state index in [2.05, 4.69) is 5.32 Å². The maximum absolute atomic E-state index is 6.09. The third kappa shape index (κ3) is 3.39. The van der Waals surface area contributed by atoms with Crippen LogP contribution in [0.1, 0.15) is 17.2 Å². The number of ether oxygens (including phenoxy) is 1. The zero-order valence-electron chi connectivity index (χ0n) is 11.1. The molecule has 2 rings (SSSR count). The van der Waals surface area contributed by atoms with E-state index in [1.165, 1.54) is 0 Å². The summed E-state index contributed by atoms with van der Waals surface area (Å²) < 4.78 is 5.40. The molecule has 5 heteroatoms. The quantitative estimate of drug-likeness (QED) is 0.855. The molecule has 0 saturated heterocycles. The molecule has 0 fully saturated rings. The van der Waals surface area contributed by atoms with Crippen molar-refractivity contribution >= 4 is 34.8 Å². The normalized spacial score (nSPS) is 12.2. The van der Waals surface area contributed by atoms with Gasteiger partial charge in [0.15, 0.2) is 0 Å². The lowest BCUT2D eigenvalue weighted by Gasteiger charge is -2.20. The van der Waals surface area contributed by atoms with Gasteiger partial charge in [0, 0.05) is 20.6 Å². The van der Waals surface area contributed by atoms with Crippen LogP contribution < -0.4 is 10.1 Å². The Labute approximate surface area is 133 Å². The molecular weight excluding hydrogens is 317 g/mol. The van der Waals surface area contributed by atoms with Crippen molar-refractivity contribution in [2.45, 2.75) is 6.04 Å². The van der Waals surface area contributed by atoms with Gasteiger partial charge in [-0.2, -0.15) is 0 Å². The summed E-state index contributed by atoms with van der Waals surface area (Å²) in [5.74, 6) is 0.754. The van der Waals surface area contributed by atoms with Crippen LogP contribution >= 0.6 is 34.8 Å². The number of hydrogen-bond acceptors (Lipinski definition) is 2. The molecule has 2 aromatic rings. The average molecular weight is 331 g/mol. The van der Waals surface area contributed by atoms with Crippen molar-refractivity contribution in [2.75, 3.05) is 14.2 Å². The van der Waals surface area contributed by atoms with E-state index in [9.17, 15) is 0 Å². The van der Waals surface area contributed by atoms with E-state index in [-0.39, 0.29) is 6.04 Å². The van der Waals surface area contributed by atoms with Crippen LogP contribution in [0, 0.1) is 0 Å². The minimum absolute atomic E-state index is 0.111. The molecule has 0 aliphatic rings. The zero-order chi connectivity index (χ0) is 14.7. The van der Waals surface area contributed by atoms with Crippen molar-refractivity contribution in [2.24, 2.45) is 0 Å². The summed E-state index contributed by atoms with van der Waals surface area (Å²) in [6.45, 7) is 0. The summed E-state index contributed by atoms with van der Waals surface area (Å²) in [5, 5.41) is 5.07. The first kappa shape index (κ1) is 15.5. The first-order valence-electron chi connectivity index (χ1n) is 6.02. The Morgan fingerprint density at radius 2 is 1.60 bits per heavy atom. The highest BCUT2D eigenvalue weighted by Crippen LogP contribution is 2.34. The number of hydrogen-bond donors (Lipinski definition) is 1. The number of halogens is 3. The van der Waals surface area contributed by atoms with Crippen molar-refractivity contribution < 1.29 is 4.74 Å². The molecule has 0 aromatic heterocycles. The summed E-state index contributed by atoms with van der Waals surface area (Å²) in [7, 11) is 3.49. The second kappa shape index (κ2) is 6.68. The standard InChI is InChI=1S/C15H14Cl3NO/c1-19-15(9-5-11(17)7-12(18)6-9)13-8-10(16)3-4-14(13)20-2/h3-8,15,19H,1-2H3.